The Balaban J connectivity index is 1.35. The molecule has 0 aliphatic carbocycles. The molecule has 206 valence electrons. The zero-order valence-electron chi connectivity index (χ0n) is 20.6. The summed E-state index contributed by atoms with van der Waals surface area (Å²) in [5, 5.41) is 23.2. The number of nitrogens with zero attached hydrogens (tertiary/aromatic N) is 3. The predicted molar refractivity (Wildman–Crippen MR) is 139 cm³/mol. The Morgan fingerprint density at radius 2 is 2.11 bits per heavy atom. The normalized spacial score (nSPS) is 22.7. The molecule has 0 amide bonds. The summed E-state index contributed by atoms with van der Waals surface area (Å²) in [6, 6.07) is 8.44. The molecule has 1 aliphatic heterocycles. The van der Waals surface area contributed by atoms with Crippen molar-refractivity contribution in [1.82, 2.24) is 24.6 Å². The van der Waals surface area contributed by atoms with Crippen LogP contribution in [0, 0.1) is 0 Å². The van der Waals surface area contributed by atoms with E-state index in [9.17, 15) is 24.4 Å². The summed E-state index contributed by atoms with van der Waals surface area (Å²) >= 11 is 0.975. The summed E-state index contributed by atoms with van der Waals surface area (Å²) in [5.74, 6) is -0.508. The van der Waals surface area contributed by atoms with E-state index in [0.717, 1.165) is 16.9 Å². The fraction of sp³-hybridized carbons (Fsp3) is 0.455. The van der Waals surface area contributed by atoms with Crippen LogP contribution in [0.5, 0.6) is 0 Å². The largest absolute Gasteiger partial charge is 0.457 e. The van der Waals surface area contributed by atoms with Gasteiger partial charge in [-0.1, -0.05) is 41.7 Å². The van der Waals surface area contributed by atoms with E-state index in [2.05, 4.69) is 20.0 Å². The number of hydrogen-bond acceptors (Lipinski definition) is 12. The average molecular weight is 569 g/mol. The van der Waals surface area contributed by atoms with E-state index < -0.39 is 48.8 Å². The highest BCUT2D eigenvalue weighted by Gasteiger charge is 2.41. The molecule has 0 saturated carbocycles. The number of aromatic nitrogens is 4. The van der Waals surface area contributed by atoms with Crippen LogP contribution >= 0.6 is 18.1 Å². The topological polar surface area (TPSA) is 204 Å². The van der Waals surface area contributed by atoms with Crippen molar-refractivity contribution in [2.24, 2.45) is 0 Å². The summed E-state index contributed by atoms with van der Waals surface area (Å²) < 4.78 is 31.1. The van der Waals surface area contributed by atoms with Crippen LogP contribution in [0.1, 0.15) is 31.7 Å². The summed E-state index contributed by atoms with van der Waals surface area (Å²) in [6.45, 7) is -1.41. The molecule has 1 aromatic carbocycles. The van der Waals surface area contributed by atoms with Gasteiger partial charge in [0.15, 0.2) is 17.4 Å². The molecule has 5 atom stereocenters. The Morgan fingerprint density at radius 1 is 1.37 bits per heavy atom. The molecule has 1 unspecified atom stereocenters. The lowest BCUT2D eigenvalue weighted by molar-refractivity contribution is -0.158. The number of H-pyrrole nitrogens is 1. The number of carbonyl (C=O) groups excluding carboxylic acids is 1. The zero-order valence-corrected chi connectivity index (χ0v) is 22.4. The number of nitrogen functional groups attached to an aromatic ring is 1. The number of aromatic amines is 1. The van der Waals surface area contributed by atoms with E-state index in [4.69, 9.17) is 19.7 Å². The number of esters is 1. The summed E-state index contributed by atoms with van der Waals surface area (Å²) in [5.41, 5.74) is 4.08. The maximum Gasteiger partial charge on any atom is 0.327 e. The van der Waals surface area contributed by atoms with Gasteiger partial charge in [-0.25, -0.2) is 10.1 Å². The number of ether oxygens (including phenoxy) is 2. The van der Waals surface area contributed by atoms with Crippen LogP contribution < -0.4 is 16.4 Å². The molecular weight excluding hydrogens is 539 g/mol. The highest BCUT2D eigenvalue weighted by atomic mass is 32.7. The van der Waals surface area contributed by atoms with Gasteiger partial charge in [0.1, 0.15) is 17.7 Å². The van der Waals surface area contributed by atoms with E-state index in [1.807, 2.05) is 30.3 Å². The van der Waals surface area contributed by atoms with E-state index in [-0.39, 0.29) is 36.1 Å². The van der Waals surface area contributed by atoms with E-state index in [0.29, 0.717) is 0 Å². The quantitative estimate of drug-likeness (QED) is 0.125. The third-order valence-corrected chi connectivity index (χ3v) is 9.82. The second-order valence-corrected chi connectivity index (χ2v) is 13.1. The second-order valence-electron chi connectivity index (χ2n) is 8.81. The Morgan fingerprint density at radius 3 is 2.82 bits per heavy atom. The van der Waals surface area contributed by atoms with Crippen LogP contribution in [0.15, 0.2) is 41.5 Å². The molecule has 0 radical (unpaired) electrons. The van der Waals surface area contributed by atoms with Crippen molar-refractivity contribution in [1.29, 1.82) is 0 Å². The molecule has 16 heteroatoms. The Labute approximate surface area is 221 Å². The smallest absolute Gasteiger partial charge is 0.327 e. The molecule has 0 spiro atoms. The highest BCUT2D eigenvalue weighted by Crippen LogP contribution is 2.60. The third kappa shape index (κ3) is 6.26. The third-order valence-electron chi connectivity index (χ3n) is 5.75. The number of fused-ring (bicyclic) bond motifs is 1. The van der Waals surface area contributed by atoms with Crippen LogP contribution in [0.2, 0.25) is 0 Å². The number of anilines is 1. The Hall–Kier alpha value is -2.78. The highest BCUT2D eigenvalue weighted by molar-refractivity contribution is 8.56. The van der Waals surface area contributed by atoms with E-state index in [1.54, 1.807) is 6.92 Å². The first-order valence-corrected chi connectivity index (χ1v) is 14.8. The number of benzene rings is 1. The molecular formula is C22H29N6O8PS. The first-order valence-electron chi connectivity index (χ1n) is 11.6. The first-order chi connectivity index (χ1) is 18.0. The van der Waals surface area contributed by atoms with Crippen LogP contribution in [0.25, 0.3) is 11.2 Å². The van der Waals surface area contributed by atoms with E-state index >= 15 is 0 Å². The Kier molecular flexibility index (Phi) is 8.57. The summed E-state index contributed by atoms with van der Waals surface area (Å²) in [6.07, 6.45) is -0.492. The molecule has 6 N–H and O–H groups in total. The number of imidazole rings is 1. The lowest BCUT2D eigenvalue weighted by Crippen LogP contribution is -2.42. The minimum atomic E-state index is -3.43. The number of carbonyl (C=O) groups is 1. The molecule has 1 fully saturated rings. The number of hydrogen-bond donors (Lipinski definition) is 5. The molecule has 1 saturated heterocycles. The monoisotopic (exact) mass is 568 g/mol. The average Bonchev–Trinajstić information content (AvgIpc) is 3.48. The number of aliphatic hydroxyl groups excluding tert-OH is 1. The van der Waals surface area contributed by atoms with Gasteiger partial charge in [-0.2, -0.15) is 4.98 Å². The first kappa shape index (κ1) is 28.2. The fourth-order valence-electron chi connectivity index (χ4n) is 3.75. The number of aliphatic hydroxyl groups is 2. The van der Waals surface area contributed by atoms with Crippen molar-refractivity contribution in [2.45, 2.75) is 37.8 Å². The minimum Gasteiger partial charge on any atom is -0.457 e. The molecule has 1 aliphatic rings. The van der Waals surface area contributed by atoms with Gasteiger partial charge in [0, 0.05) is 5.75 Å². The minimum absolute atomic E-state index is 0.0340. The van der Waals surface area contributed by atoms with Crippen LogP contribution in [0.4, 0.5) is 5.95 Å². The molecule has 3 aromatic rings. The molecule has 0 bridgehead atoms. The lowest BCUT2D eigenvalue weighted by Gasteiger charge is -2.32. The van der Waals surface area contributed by atoms with Crippen molar-refractivity contribution < 1.29 is 33.6 Å². The molecule has 2 aromatic heterocycles. The van der Waals surface area contributed by atoms with Crippen molar-refractivity contribution in [3.63, 3.8) is 0 Å². The summed E-state index contributed by atoms with van der Waals surface area (Å²) in [4.78, 5) is 35.0. The molecule has 38 heavy (non-hydrogen) atoms. The molecule has 4 rings (SSSR count). The van der Waals surface area contributed by atoms with Gasteiger partial charge in [0.05, 0.1) is 26.1 Å². The maximum absolute atomic E-state index is 13.1. The van der Waals surface area contributed by atoms with Gasteiger partial charge >= 0.3 is 12.7 Å². The zero-order chi connectivity index (χ0) is 27.5. The standard InChI is InChI=1S/C22H29N6O8PS/c1-13(14-6-4-3-5-7-14)36-19(31)15-10-38-37(33,27-15)35-9-8-34-20(22(2,32)11-29)28-12-24-16-17(28)25-21(23)26-18(16)30/h3-7,12-13,15,20,29,32H,8-11H2,1-2H3,(H,27,33)(H3,23,25,26,30)/t13-,15?,20+,22+,37+/m0/s1. The van der Waals surface area contributed by atoms with Gasteiger partial charge in [-0.3, -0.25) is 23.7 Å². The fourth-order valence-corrected chi connectivity index (χ4v) is 7.64. The molecule has 3 heterocycles. The second kappa shape index (κ2) is 11.5. The van der Waals surface area contributed by atoms with E-state index in [1.165, 1.54) is 17.8 Å². The lowest BCUT2D eigenvalue weighted by atomic mass is 10.1. The maximum atomic E-state index is 13.1. The van der Waals surface area contributed by atoms with Gasteiger partial charge in [-0.15, -0.1) is 0 Å². The van der Waals surface area contributed by atoms with Crippen LogP contribution in [-0.2, 0) is 23.4 Å². The van der Waals surface area contributed by atoms with Gasteiger partial charge in [0.2, 0.25) is 5.95 Å². The van der Waals surface area contributed by atoms with Crippen molar-refractivity contribution >= 4 is 41.2 Å². The Bertz CT molecular complexity index is 1380. The van der Waals surface area contributed by atoms with Gasteiger partial charge < -0.3 is 29.9 Å². The SMILES string of the molecule is C[C@H](OC(=O)C1CS[P@](=O)(OCCO[C@@H](n2cnc3c(=O)[nH]c(N)nc32)[C@](C)(O)CO)N1)c1ccccc1. The van der Waals surface area contributed by atoms with Crippen LogP contribution in [-0.4, -0.2) is 72.9 Å². The predicted octanol–water partition coefficient (Wildman–Crippen LogP) is 1.09. The van der Waals surface area contributed by atoms with Gasteiger partial charge in [-0.05, 0) is 19.4 Å². The number of rotatable bonds is 11. The molecule has 14 nitrogen and oxygen atoms in total. The number of nitrogens with two attached hydrogens (primary N) is 1. The van der Waals surface area contributed by atoms with Crippen molar-refractivity contribution in [2.75, 3.05) is 31.3 Å². The van der Waals surface area contributed by atoms with Crippen molar-refractivity contribution in [3.8, 4) is 0 Å². The van der Waals surface area contributed by atoms with Gasteiger partial charge in [0.25, 0.3) is 5.56 Å². The summed E-state index contributed by atoms with van der Waals surface area (Å²) in [7, 11) is 0. The van der Waals surface area contributed by atoms with Crippen molar-refractivity contribution in [3.05, 3.63) is 52.6 Å². The number of nitrogens with one attached hydrogen (secondary N) is 2. The van der Waals surface area contributed by atoms with Crippen LogP contribution in [0.3, 0.4) is 0 Å².